The fourth-order valence-electron chi connectivity index (χ4n) is 1.76. The molecule has 0 amide bonds. The normalized spacial score (nSPS) is 10.3. The Balaban J connectivity index is 2.23. The van der Waals surface area contributed by atoms with Gasteiger partial charge in [0.1, 0.15) is 0 Å². The number of nitrogens with one attached hydrogen (secondary N) is 1. The predicted molar refractivity (Wildman–Crippen MR) is 70.9 cm³/mol. The van der Waals surface area contributed by atoms with E-state index < -0.39 is 5.97 Å². The zero-order chi connectivity index (χ0) is 14.1. The van der Waals surface area contributed by atoms with Crippen LogP contribution in [0.4, 0.5) is 5.69 Å². The summed E-state index contributed by atoms with van der Waals surface area (Å²) in [6.45, 7) is 1.18. The molecule has 0 aliphatic rings. The molecule has 0 heterocycles. The number of carboxylic acid groups (broad SMARTS) is 1. The van der Waals surface area contributed by atoms with Crippen LogP contribution in [-0.2, 0) is 11.3 Å². The van der Waals surface area contributed by atoms with E-state index in [0.717, 1.165) is 19.4 Å². The van der Waals surface area contributed by atoms with Gasteiger partial charge in [0.2, 0.25) is 0 Å². The molecule has 0 radical (unpaired) electrons. The molecular formula is C13H18N2O4. The summed E-state index contributed by atoms with van der Waals surface area (Å²) in [5, 5.41) is 22.4. The van der Waals surface area contributed by atoms with Crippen molar-refractivity contribution in [3.05, 3.63) is 39.9 Å². The van der Waals surface area contributed by atoms with Gasteiger partial charge in [-0.05, 0) is 19.4 Å². The number of aliphatic carboxylic acids is 1. The Morgan fingerprint density at radius 2 is 2.00 bits per heavy atom. The maximum Gasteiger partial charge on any atom is 0.303 e. The lowest BCUT2D eigenvalue weighted by atomic mass is 10.1. The Morgan fingerprint density at radius 3 is 2.68 bits per heavy atom. The molecule has 2 N–H and O–H groups in total. The molecule has 0 saturated heterocycles. The summed E-state index contributed by atoms with van der Waals surface area (Å²) in [5.41, 5.74) is 0.791. The smallest absolute Gasteiger partial charge is 0.303 e. The number of rotatable bonds is 9. The van der Waals surface area contributed by atoms with Crippen LogP contribution in [0.1, 0.15) is 31.2 Å². The molecule has 0 bridgehead atoms. The van der Waals surface area contributed by atoms with Crippen molar-refractivity contribution in [3.63, 3.8) is 0 Å². The van der Waals surface area contributed by atoms with Gasteiger partial charge in [-0.25, -0.2) is 0 Å². The number of nitro benzene ring substituents is 1. The Bertz CT molecular complexity index is 434. The van der Waals surface area contributed by atoms with Gasteiger partial charge in [-0.15, -0.1) is 0 Å². The van der Waals surface area contributed by atoms with Crippen LogP contribution in [-0.4, -0.2) is 22.5 Å². The highest BCUT2D eigenvalue weighted by Gasteiger charge is 2.10. The average molecular weight is 266 g/mol. The summed E-state index contributed by atoms with van der Waals surface area (Å²) in [4.78, 5) is 20.7. The van der Waals surface area contributed by atoms with Crippen LogP contribution in [0.2, 0.25) is 0 Å². The molecule has 104 valence electrons. The summed E-state index contributed by atoms with van der Waals surface area (Å²) >= 11 is 0. The lowest BCUT2D eigenvalue weighted by Crippen LogP contribution is -2.15. The van der Waals surface area contributed by atoms with Crippen molar-refractivity contribution in [3.8, 4) is 0 Å². The van der Waals surface area contributed by atoms with Gasteiger partial charge in [0, 0.05) is 24.6 Å². The van der Waals surface area contributed by atoms with Gasteiger partial charge in [0.25, 0.3) is 5.69 Å². The maximum atomic E-state index is 10.8. The largest absolute Gasteiger partial charge is 0.481 e. The van der Waals surface area contributed by atoms with E-state index in [1.54, 1.807) is 18.2 Å². The summed E-state index contributed by atoms with van der Waals surface area (Å²) in [7, 11) is 0. The first-order valence-corrected chi connectivity index (χ1v) is 6.26. The van der Waals surface area contributed by atoms with Crippen LogP contribution in [0.5, 0.6) is 0 Å². The fraction of sp³-hybridized carbons (Fsp3) is 0.462. The van der Waals surface area contributed by atoms with Crippen LogP contribution in [0.15, 0.2) is 24.3 Å². The number of nitro groups is 1. The van der Waals surface area contributed by atoms with Gasteiger partial charge < -0.3 is 10.4 Å². The van der Waals surface area contributed by atoms with Gasteiger partial charge in [0.15, 0.2) is 0 Å². The first kappa shape index (κ1) is 15.1. The zero-order valence-electron chi connectivity index (χ0n) is 10.7. The second-order valence-electron chi connectivity index (χ2n) is 4.27. The second kappa shape index (κ2) is 8.20. The molecule has 0 aliphatic heterocycles. The van der Waals surface area contributed by atoms with E-state index in [-0.39, 0.29) is 17.0 Å². The topological polar surface area (TPSA) is 92.5 Å². The van der Waals surface area contributed by atoms with Gasteiger partial charge in [-0.3, -0.25) is 14.9 Å². The van der Waals surface area contributed by atoms with Gasteiger partial charge >= 0.3 is 5.97 Å². The zero-order valence-corrected chi connectivity index (χ0v) is 10.7. The highest BCUT2D eigenvalue weighted by atomic mass is 16.6. The molecule has 0 fully saturated rings. The van der Waals surface area contributed by atoms with Crippen LogP contribution in [0, 0.1) is 10.1 Å². The molecule has 0 aromatic heterocycles. The van der Waals surface area contributed by atoms with Crippen molar-refractivity contribution >= 4 is 11.7 Å². The molecule has 1 aromatic rings. The van der Waals surface area contributed by atoms with Gasteiger partial charge in [-0.1, -0.05) is 24.6 Å². The molecule has 0 unspecified atom stereocenters. The summed E-state index contributed by atoms with van der Waals surface area (Å²) in [6, 6.07) is 6.64. The number of nitrogens with zero attached hydrogens (tertiary/aromatic N) is 1. The lowest BCUT2D eigenvalue weighted by Gasteiger charge is -2.05. The van der Waals surface area contributed by atoms with Gasteiger partial charge in [-0.2, -0.15) is 0 Å². The molecule has 1 aromatic carbocycles. The third kappa shape index (κ3) is 5.96. The van der Waals surface area contributed by atoms with Gasteiger partial charge in [0.05, 0.1) is 4.92 Å². The van der Waals surface area contributed by atoms with Crippen molar-refractivity contribution in [2.75, 3.05) is 6.54 Å². The monoisotopic (exact) mass is 266 g/mol. The van der Waals surface area contributed by atoms with E-state index in [0.29, 0.717) is 18.5 Å². The first-order chi connectivity index (χ1) is 9.11. The Morgan fingerprint density at radius 1 is 1.26 bits per heavy atom. The Kier molecular flexibility index (Phi) is 6.52. The first-order valence-electron chi connectivity index (χ1n) is 6.26. The standard InChI is InChI=1S/C13H18N2O4/c16-13(17)8-2-1-5-9-14-10-11-6-3-4-7-12(11)15(18)19/h3-4,6-7,14H,1-2,5,8-10H2,(H,16,17). The highest BCUT2D eigenvalue weighted by Crippen LogP contribution is 2.16. The minimum absolute atomic E-state index is 0.126. The Hall–Kier alpha value is -1.95. The molecule has 0 aliphatic carbocycles. The number of hydrogen-bond donors (Lipinski definition) is 2. The number of carbonyl (C=O) groups is 1. The average Bonchev–Trinajstić information content (AvgIpc) is 2.37. The molecule has 19 heavy (non-hydrogen) atoms. The van der Waals surface area contributed by atoms with Crippen LogP contribution < -0.4 is 5.32 Å². The highest BCUT2D eigenvalue weighted by molar-refractivity contribution is 5.66. The number of para-hydroxylation sites is 1. The molecule has 0 spiro atoms. The van der Waals surface area contributed by atoms with E-state index in [9.17, 15) is 14.9 Å². The minimum Gasteiger partial charge on any atom is -0.481 e. The van der Waals surface area contributed by atoms with E-state index in [4.69, 9.17) is 5.11 Å². The lowest BCUT2D eigenvalue weighted by molar-refractivity contribution is -0.385. The number of unbranched alkanes of at least 4 members (excludes halogenated alkanes) is 2. The van der Waals surface area contributed by atoms with E-state index in [2.05, 4.69) is 5.32 Å². The molecule has 0 saturated carbocycles. The number of hydrogen-bond acceptors (Lipinski definition) is 4. The summed E-state index contributed by atoms with van der Waals surface area (Å²) < 4.78 is 0. The number of benzene rings is 1. The van der Waals surface area contributed by atoms with Crippen molar-refractivity contribution in [1.82, 2.24) is 5.32 Å². The number of carboxylic acids is 1. The van der Waals surface area contributed by atoms with Crippen molar-refractivity contribution < 1.29 is 14.8 Å². The third-order valence-corrected chi connectivity index (χ3v) is 2.75. The van der Waals surface area contributed by atoms with E-state index >= 15 is 0 Å². The van der Waals surface area contributed by atoms with Crippen molar-refractivity contribution in [2.24, 2.45) is 0 Å². The fourth-order valence-corrected chi connectivity index (χ4v) is 1.76. The molecule has 1 rings (SSSR count). The van der Waals surface area contributed by atoms with Crippen molar-refractivity contribution in [1.29, 1.82) is 0 Å². The molecule has 0 atom stereocenters. The van der Waals surface area contributed by atoms with Crippen LogP contribution in [0.25, 0.3) is 0 Å². The summed E-state index contributed by atoms with van der Waals surface area (Å²) in [6.07, 6.45) is 2.58. The maximum absolute atomic E-state index is 10.8. The summed E-state index contributed by atoms with van der Waals surface area (Å²) in [5.74, 6) is -0.770. The van der Waals surface area contributed by atoms with Crippen molar-refractivity contribution in [2.45, 2.75) is 32.2 Å². The SMILES string of the molecule is O=C(O)CCCCCNCc1ccccc1[N+](=O)[O-]. The Labute approximate surface area is 111 Å². The predicted octanol–water partition coefficient (Wildman–Crippen LogP) is 2.33. The minimum atomic E-state index is -0.770. The van der Waals surface area contributed by atoms with Crippen LogP contribution in [0.3, 0.4) is 0 Å². The quantitative estimate of drug-likeness (QED) is 0.406. The molecular weight excluding hydrogens is 248 g/mol. The molecule has 6 nitrogen and oxygen atoms in total. The van der Waals surface area contributed by atoms with Crippen LogP contribution >= 0.6 is 0 Å². The third-order valence-electron chi connectivity index (χ3n) is 2.75. The molecule has 6 heteroatoms. The van der Waals surface area contributed by atoms with E-state index in [1.165, 1.54) is 6.07 Å². The second-order valence-corrected chi connectivity index (χ2v) is 4.27. The van der Waals surface area contributed by atoms with E-state index in [1.807, 2.05) is 0 Å².